The summed E-state index contributed by atoms with van der Waals surface area (Å²) in [6.45, 7) is 2.70. The number of aryl methyl sites for hydroxylation is 1. The van der Waals surface area contributed by atoms with Crippen molar-refractivity contribution in [2.24, 2.45) is 11.8 Å². The Balaban J connectivity index is 2.05. The minimum absolute atomic E-state index is 0.102. The monoisotopic (exact) mass is 368 g/mol. The van der Waals surface area contributed by atoms with Crippen molar-refractivity contribution >= 4 is 15.9 Å². The fraction of sp³-hybridized carbons (Fsp3) is 0.786. The van der Waals surface area contributed by atoms with E-state index in [0.29, 0.717) is 25.1 Å². The van der Waals surface area contributed by atoms with Crippen LogP contribution in [0.2, 0.25) is 0 Å². The maximum Gasteiger partial charge on any atom is 0.391 e. The summed E-state index contributed by atoms with van der Waals surface area (Å²) in [4.78, 5) is 0. The molecule has 1 aliphatic rings. The molecule has 0 saturated heterocycles. The summed E-state index contributed by atoms with van der Waals surface area (Å²) in [5, 5.41) is 14.7. The van der Waals surface area contributed by atoms with Crippen LogP contribution >= 0.6 is 15.9 Å². The number of hydrogen-bond donors (Lipinski definition) is 1. The number of nitrogens with zero attached hydrogens (tertiary/aromatic N) is 2. The number of aliphatic hydroxyl groups is 1. The second kappa shape index (κ2) is 6.69. The van der Waals surface area contributed by atoms with E-state index >= 15 is 0 Å². The fourth-order valence-electron chi connectivity index (χ4n) is 3.04. The van der Waals surface area contributed by atoms with Gasteiger partial charge in [-0.15, -0.1) is 0 Å². The van der Waals surface area contributed by atoms with Gasteiger partial charge in [0.25, 0.3) is 0 Å². The molecule has 1 unspecified atom stereocenters. The van der Waals surface area contributed by atoms with Gasteiger partial charge in [-0.05, 0) is 54.0 Å². The summed E-state index contributed by atoms with van der Waals surface area (Å²) in [5.74, 6) is -1.35. The highest BCUT2D eigenvalue weighted by atomic mass is 79.9. The van der Waals surface area contributed by atoms with Crippen LogP contribution < -0.4 is 0 Å². The molecule has 1 atom stereocenters. The lowest BCUT2D eigenvalue weighted by Crippen LogP contribution is -2.30. The molecule has 1 heterocycles. The Kier molecular flexibility index (Phi) is 5.35. The van der Waals surface area contributed by atoms with Crippen LogP contribution in [0.25, 0.3) is 0 Å². The number of hydrogen-bond acceptors (Lipinski definition) is 2. The van der Waals surface area contributed by atoms with Crippen LogP contribution in [0.3, 0.4) is 0 Å². The zero-order chi connectivity index (χ0) is 15.6. The van der Waals surface area contributed by atoms with Crippen molar-refractivity contribution < 1.29 is 18.3 Å². The molecule has 21 heavy (non-hydrogen) atoms. The van der Waals surface area contributed by atoms with Gasteiger partial charge in [0.05, 0.1) is 28.4 Å². The highest BCUT2D eigenvalue weighted by Gasteiger charge is 2.43. The molecule has 0 bridgehead atoms. The average Bonchev–Trinajstić information content (AvgIpc) is 2.79. The number of alkyl halides is 3. The van der Waals surface area contributed by atoms with Gasteiger partial charge < -0.3 is 5.11 Å². The minimum Gasteiger partial charge on any atom is -0.386 e. The molecule has 1 saturated carbocycles. The van der Waals surface area contributed by atoms with Crippen LogP contribution in [-0.4, -0.2) is 21.1 Å². The molecule has 1 fully saturated rings. The second-order valence-corrected chi connectivity index (χ2v) is 6.55. The van der Waals surface area contributed by atoms with E-state index in [1.807, 2.05) is 6.92 Å². The summed E-state index contributed by atoms with van der Waals surface area (Å²) in [6.07, 6.45) is -1.35. The summed E-state index contributed by atoms with van der Waals surface area (Å²) >= 11 is 3.37. The third-order valence-corrected chi connectivity index (χ3v) is 4.84. The lowest BCUT2D eigenvalue weighted by Gasteiger charge is -2.32. The SMILES string of the molecule is CCCn1ncc(Br)c1C(O)C1CCC(C(F)(F)F)CC1. The first-order chi connectivity index (χ1) is 9.84. The summed E-state index contributed by atoms with van der Waals surface area (Å²) in [5.41, 5.74) is 0.687. The molecule has 0 spiro atoms. The van der Waals surface area contributed by atoms with Crippen LogP contribution in [0.1, 0.15) is 50.8 Å². The maximum atomic E-state index is 12.7. The van der Waals surface area contributed by atoms with Gasteiger partial charge in [0.2, 0.25) is 0 Å². The van der Waals surface area contributed by atoms with Gasteiger partial charge in [-0.25, -0.2) is 0 Å². The largest absolute Gasteiger partial charge is 0.391 e. The van der Waals surface area contributed by atoms with Gasteiger partial charge in [-0.1, -0.05) is 6.92 Å². The Labute approximate surface area is 130 Å². The second-order valence-electron chi connectivity index (χ2n) is 5.70. The Morgan fingerprint density at radius 2 is 2.00 bits per heavy atom. The maximum absolute atomic E-state index is 12.7. The molecule has 3 nitrogen and oxygen atoms in total. The number of aromatic nitrogens is 2. The first-order valence-electron chi connectivity index (χ1n) is 7.30. The third kappa shape index (κ3) is 3.80. The van der Waals surface area contributed by atoms with Gasteiger partial charge in [0.15, 0.2) is 0 Å². The zero-order valence-electron chi connectivity index (χ0n) is 11.9. The molecule has 1 aliphatic carbocycles. The van der Waals surface area contributed by atoms with Crippen molar-refractivity contribution in [2.75, 3.05) is 0 Å². The first kappa shape index (κ1) is 16.8. The molecular formula is C14H20BrF3N2O. The Morgan fingerprint density at radius 3 is 2.52 bits per heavy atom. The van der Waals surface area contributed by atoms with Gasteiger partial charge >= 0.3 is 6.18 Å². The summed E-state index contributed by atoms with van der Waals surface area (Å²) in [7, 11) is 0. The molecule has 2 rings (SSSR count). The average molecular weight is 369 g/mol. The van der Waals surface area contributed by atoms with E-state index in [4.69, 9.17) is 0 Å². The van der Waals surface area contributed by atoms with Crippen molar-refractivity contribution in [1.29, 1.82) is 0 Å². The molecule has 120 valence electrons. The van der Waals surface area contributed by atoms with Crippen molar-refractivity contribution in [3.63, 3.8) is 0 Å². The molecule has 1 N–H and O–H groups in total. The minimum atomic E-state index is -4.11. The van der Waals surface area contributed by atoms with Crippen LogP contribution in [0.5, 0.6) is 0 Å². The van der Waals surface area contributed by atoms with E-state index in [0.717, 1.165) is 10.9 Å². The smallest absolute Gasteiger partial charge is 0.386 e. The fourth-order valence-corrected chi connectivity index (χ4v) is 3.57. The van der Waals surface area contributed by atoms with Gasteiger partial charge in [-0.2, -0.15) is 18.3 Å². The number of rotatable bonds is 4. The van der Waals surface area contributed by atoms with Crippen LogP contribution in [0.4, 0.5) is 13.2 Å². The van der Waals surface area contributed by atoms with Gasteiger partial charge in [0.1, 0.15) is 0 Å². The van der Waals surface area contributed by atoms with Gasteiger partial charge in [0, 0.05) is 6.54 Å². The molecule has 0 aliphatic heterocycles. The van der Waals surface area contributed by atoms with Gasteiger partial charge in [-0.3, -0.25) is 4.68 Å². The van der Waals surface area contributed by atoms with E-state index in [2.05, 4.69) is 21.0 Å². The highest BCUT2D eigenvalue weighted by molar-refractivity contribution is 9.10. The molecule has 0 amide bonds. The molecular weight excluding hydrogens is 349 g/mol. The normalized spacial score (nSPS) is 25.0. The molecule has 7 heteroatoms. The van der Waals surface area contributed by atoms with Crippen LogP contribution in [-0.2, 0) is 6.54 Å². The number of aliphatic hydroxyl groups excluding tert-OH is 1. The van der Waals surface area contributed by atoms with E-state index in [9.17, 15) is 18.3 Å². The molecule has 0 radical (unpaired) electrons. The van der Waals surface area contributed by atoms with Crippen LogP contribution in [0, 0.1) is 11.8 Å². The highest BCUT2D eigenvalue weighted by Crippen LogP contribution is 2.44. The van der Waals surface area contributed by atoms with E-state index in [1.54, 1.807) is 10.9 Å². The van der Waals surface area contributed by atoms with Crippen molar-refractivity contribution in [1.82, 2.24) is 9.78 Å². The lowest BCUT2D eigenvalue weighted by molar-refractivity contribution is -0.186. The summed E-state index contributed by atoms with van der Waals surface area (Å²) < 4.78 is 40.5. The van der Waals surface area contributed by atoms with Crippen molar-refractivity contribution in [2.45, 2.75) is 57.9 Å². The Morgan fingerprint density at radius 1 is 1.38 bits per heavy atom. The van der Waals surface area contributed by atoms with E-state index in [1.165, 1.54) is 0 Å². The Hall–Kier alpha value is -0.560. The van der Waals surface area contributed by atoms with Crippen molar-refractivity contribution in [3.8, 4) is 0 Å². The topological polar surface area (TPSA) is 38.0 Å². The Bertz CT molecular complexity index is 467. The molecule has 0 aromatic carbocycles. The number of halogens is 4. The zero-order valence-corrected chi connectivity index (χ0v) is 13.5. The predicted molar refractivity (Wildman–Crippen MR) is 76.7 cm³/mol. The molecule has 1 aromatic rings. The quantitative estimate of drug-likeness (QED) is 0.851. The van der Waals surface area contributed by atoms with E-state index in [-0.39, 0.29) is 18.8 Å². The first-order valence-corrected chi connectivity index (χ1v) is 8.09. The third-order valence-electron chi connectivity index (χ3n) is 4.23. The van der Waals surface area contributed by atoms with Crippen LogP contribution in [0.15, 0.2) is 10.7 Å². The predicted octanol–water partition coefficient (Wildman–Crippen LogP) is 4.46. The standard InChI is InChI=1S/C14H20BrF3N2O/c1-2-7-20-12(11(15)8-19-20)13(21)9-3-5-10(6-4-9)14(16,17)18/h8-10,13,21H,2-7H2,1H3. The summed E-state index contributed by atoms with van der Waals surface area (Å²) in [6, 6.07) is 0. The molecule has 1 aromatic heterocycles. The van der Waals surface area contributed by atoms with E-state index < -0.39 is 18.2 Å². The van der Waals surface area contributed by atoms with Crippen molar-refractivity contribution in [3.05, 3.63) is 16.4 Å². The lowest BCUT2D eigenvalue weighted by atomic mass is 9.78.